The molecule has 1 saturated carbocycles. The molecule has 2 fully saturated rings. The van der Waals surface area contributed by atoms with Gasteiger partial charge in [0.2, 0.25) is 0 Å². The van der Waals surface area contributed by atoms with E-state index in [9.17, 15) is 0 Å². The van der Waals surface area contributed by atoms with E-state index in [-0.39, 0.29) is 6.04 Å². The van der Waals surface area contributed by atoms with Crippen molar-refractivity contribution in [2.24, 2.45) is 11.7 Å². The van der Waals surface area contributed by atoms with E-state index in [4.69, 9.17) is 10.2 Å². The summed E-state index contributed by atoms with van der Waals surface area (Å²) in [6, 6.07) is 5.18. The molecule has 1 saturated heterocycles. The molecule has 0 spiro atoms. The first-order valence-electron chi connectivity index (χ1n) is 8.38. The molecule has 4 unspecified atom stereocenters. The summed E-state index contributed by atoms with van der Waals surface area (Å²) >= 11 is 0. The van der Waals surface area contributed by atoms with E-state index < -0.39 is 0 Å². The van der Waals surface area contributed by atoms with Gasteiger partial charge < -0.3 is 15.1 Å². The largest absolute Gasteiger partial charge is 0.464 e. The highest BCUT2D eigenvalue weighted by Gasteiger charge is 2.37. The molecule has 0 radical (unpaired) electrons. The number of piperazine rings is 1. The van der Waals surface area contributed by atoms with Gasteiger partial charge in [-0.1, -0.05) is 13.8 Å². The molecule has 4 heteroatoms. The highest BCUT2D eigenvalue weighted by Crippen LogP contribution is 2.47. The van der Waals surface area contributed by atoms with Crippen LogP contribution in [0.2, 0.25) is 0 Å². The van der Waals surface area contributed by atoms with Gasteiger partial charge in [-0.3, -0.25) is 4.90 Å². The minimum Gasteiger partial charge on any atom is -0.464 e. The Morgan fingerprint density at radius 2 is 2.14 bits per heavy atom. The number of nitrogens with zero attached hydrogens (tertiary/aromatic N) is 2. The second-order valence-corrected chi connectivity index (χ2v) is 6.85. The van der Waals surface area contributed by atoms with Gasteiger partial charge in [-0.05, 0) is 37.9 Å². The quantitative estimate of drug-likeness (QED) is 0.905. The number of hydrogen-bond donors (Lipinski definition) is 1. The summed E-state index contributed by atoms with van der Waals surface area (Å²) in [6.45, 7) is 8.46. The molecular weight excluding hydrogens is 262 g/mol. The molecule has 2 N–H and O–H groups in total. The molecule has 4 nitrogen and oxygen atoms in total. The van der Waals surface area contributed by atoms with Gasteiger partial charge >= 0.3 is 0 Å². The zero-order valence-corrected chi connectivity index (χ0v) is 13.6. The van der Waals surface area contributed by atoms with E-state index in [0.717, 1.165) is 37.1 Å². The fourth-order valence-electron chi connectivity index (χ4n) is 3.60. The minimum absolute atomic E-state index is 0.232. The SMILES string of the molecule is CCC1CN(C(CN)c2ccc(C3CC3C)o2)CCN1C. The number of hydrogen-bond acceptors (Lipinski definition) is 4. The molecule has 118 valence electrons. The van der Waals surface area contributed by atoms with Gasteiger partial charge in [-0.15, -0.1) is 0 Å². The summed E-state index contributed by atoms with van der Waals surface area (Å²) in [7, 11) is 2.22. The molecular formula is C17H29N3O. The maximum Gasteiger partial charge on any atom is 0.122 e. The standard InChI is InChI=1S/C17H29N3O/c1-4-13-11-20(8-7-19(13)3)15(10-18)17-6-5-16(21-17)14-9-12(14)2/h5-6,12-15H,4,7-11,18H2,1-3H3. The molecule has 4 atom stereocenters. The Morgan fingerprint density at radius 3 is 2.76 bits per heavy atom. The van der Waals surface area contributed by atoms with E-state index in [1.165, 1.54) is 12.8 Å². The van der Waals surface area contributed by atoms with E-state index >= 15 is 0 Å². The zero-order chi connectivity index (χ0) is 15.0. The Hall–Kier alpha value is -0.840. The third-order valence-electron chi connectivity index (χ3n) is 5.39. The van der Waals surface area contributed by atoms with Crippen LogP contribution in [0.25, 0.3) is 0 Å². The predicted molar refractivity (Wildman–Crippen MR) is 85.3 cm³/mol. The van der Waals surface area contributed by atoms with Crippen molar-refractivity contribution in [2.75, 3.05) is 33.2 Å². The van der Waals surface area contributed by atoms with Crippen LogP contribution in [0.3, 0.4) is 0 Å². The molecule has 2 aliphatic rings. The highest BCUT2D eigenvalue weighted by molar-refractivity contribution is 5.19. The van der Waals surface area contributed by atoms with Crippen molar-refractivity contribution in [3.63, 3.8) is 0 Å². The van der Waals surface area contributed by atoms with Crippen molar-refractivity contribution in [2.45, 2.75) is 44.7 Å². The summed E-state index contributed by atoms with van der Waals surface area (Å²) < 4.78 is 6.14. The first kappa shape index (κ1) is 15.1. The lowest BCUT2D eigenvalue weighted by Gasteiger charge is -2.42. The van der Waals surface area contributed by atoms with Crippen molar-refractivity contribution >= 4 is 0 Å². The monoisotopic (exact) mass is 291 g/mol. The first-order valence-corrected chi connectivity index (χ1v) is 8.38. The van der Waals surface area contributed by atoms with Crippen LogP contribution in [0, 0.1) is 5.92 Å². The zero-order valence-electron chi connectivity index (χ0n) is 13.6. The van der Waals surface area contributed by atoms with Crippen LogP contribution in [0.1, 0.15) is 50.2 Å². The summed E-state index contributed by atoms with van der Waals surface area (Å²) in [4.78, 5) is 4.97. The predicted octanol–water partition coefficient (Wildman–Crippen LogP) is 2.43. The van der Waals surface area contributed by atoms with Crippen molar-refractivity contribution in [3.8, 4) is 0 Å². The van der Waals surface area contributed by atoms with Crippen molar-refractivity contribution in [3.05, 3.63) is 23.7 Å². The third kappa shape index (κ3) is 3.03. The maximum atomic E-state index is 6.14. The van der Waals surface area contributed by atoms with Gasteiger partial charge in [-0.2, -0.15) is 0 Å². The third-order valence-corrected chi connectivity index (χ3v) is 5.39. The molecule has 21 heavy (non-hydrogen) atoms. The molecule has 3 rings (SSSR count). The molecule has 0 bridgehead atoms. The summed E-state index contributed by atoms with van der Waals surface area (Å²) in [6.07, 6.45) is 2.46. The number of rotatable bonds is 5. The van der Waals surface area contributed by atoms with Crippen LogP contribution < -0.4 is 5.73 Å². The molecule has 1 aliphatic carbocycles. The average molecular weight is 291 g/mol. The Labute approximate surface area is 128 Å². The van der Waals surface area contributed by atoms with Crippen molar-refractivity contribution < 1.29 is 4.42 Å². The normalized spacial score (nSPS) is 32.3. The second kappa shape index (κ2) is 6.11. The molecule has 1 aromatic heterocycles. The Kier molecular flexibility index (Phi) is 4.38. The molecule has 1 aromatic rings. The van der Waals surface area contributed by atoms with Crippen LogP contribution >= 0.6 is 0 Å². The van der Waals surface area contributed by atoms with Gasteiger partial charge in [0.15, 0.2) is 0 Å². The van der Waals surface area contributed by atoms with Crippen molar-refractivity contribution in [1.29, 1.82) is 0 Å². The second-order valence-electron chi connectivity index (χ2n) is 6.85. The summed E-state index contributed by atoms with van der Waals surface area (Å²) in [5.41, 5.74) is 6.07. The maximum absolute atomic E-state index is 6.14. The molecule has 1 aliphatic heterocycles. The minimum atomic E-state index is 0.232. The van der Waals surface area contributed by atoms with Crippen molar-refractivity contribution in [1.82, 2.24) is 9.80 Å². The number of likely N-dealkylation sites (N-methyl/N-ethyl adjacent to an activating group) is 1. The fraction of sp³-hybridized carbons (Fsp3) is 0.765. The average Bonchev–Trinajstić information content (AvgIpc) is 3.02. The Morgan fingerprint density at radius 1 is 1.38 bits per heavy atom. The molecule has 0 amide bonds. The van der Waals surface area contributed by atoms with Crippen LogP contribution in [0.5, 0.6) is 0 Å². The number of furan rings is 1. The molecule has 2 heterocycles. The van der Waals surface area contributed by atoms with Crippen LogP contribution in [-0.4, -0.2) is 49.1 Å². The van der Waals surface area contributed by atoms with Gasteiger partial charge in [-0.25, -0.2) is 0 Å². The van der Waals surface area contributed by atoms with Crippen LogP contribution in [0.4, 0.5) is 0 Å². The van der Waals surface area contributed by atoms with Gasteiger partial charge in [0, 0.05) is 38.1 Å². The van der Waals surface area contributed by atoms with Crippen LogP contribution in [0.15, 0.2) is 16.5 Å². The van der Waals surface area contributed by atoms with E-state index in [1.54, 1.807) is 0 Å². The lowest BCUT2D eigenvalue weighted by atomic mass is 10.1. The Bertz CT molecular complexity index is 472. The van der Waals surface area contributed by atoms with Gasteiger partial charge in [0.1, 0.15) is 11.5 Å². The summed E-state index contributed by atoms with van der Waals surface area (Å²) in [5.74, 6) is 3.66. The van der Waals surface area contributed by atoms with E-state index in [1.807, 2.05) is 0 Å². The topological polar surface area (TPSA) is 45.6 Å². The lowest BCUT2D eigenvalue weighted by Crippen LogP contribution is -2.53. The highest BCUT2D eigenvalue weighted by atomic mass is 16.3. The Balaban J connectivity index is 1.71. The van der Waals surface area contributed by atoms with E-state index in [0.29, 0.717) is 18.5 Å². The smallest absolute Gasteiger partial charge is 0.122 e. The van der Waals surface area contributed by atoms with Gasteiger partial charge in [0.25, 0.3) is 0 Å². The fourth-order valence-corrected chi connectivity index (χ4v) is 3.60. The van der Waals surface area contributed by atoms with Crippen LogP contribution in [-0.2, 0) is 0 Å². The lowest BCUT2D eigenvalue weighted by molar-refractivity contribution is 0.0570. The first-order chi connectivity index (χ1) is 10.1. The number of nitrogens with two attached hydrogens (primary N) is 1. The summed E-state index contributed by atoms with van der Waals surface area (Å²) in [5, 5.41) is 0. The molecule has 0 aromatic carbocycles. The van der Waals surface area contributed by atoms with E-state index in [2.05, 4.69) is 42.8 Å². The van der Waals surface area contributed by atoms with Gasteiger partial charge in [0.05, 0.1) is 6.04 Å².